The molecule has 0 aromatic heterocycles. The normalized spacial score (nSPS) is 23.8. The predicted octanol–water partition coefficient (Wildman–Crippen LogP) is -1.03. The van der Waals surface area contributed by atoms with Gasteiger partial charge in [0.15, 0.2) is 0 Å². The van der Waals surface area contributed by atoms with Crippen LogP contribution in [0.15, 0.2) is 0 Å². The monoisotopic (exact) mass is 175 g/mol. The Bertz CT molecular complexity index is 109. The van der Waals surface area contributed by atoms with E-state index in [9.17, 15) is 0 Å². The molecule has 1 aliphatic heterocycles. The summed E-state index contributed by atoms with van der Waals surface area (Å²) in [6, 6.07) is -0.175. The first-order chi connectivity index (χ1) is 5.86. The van der Waals surface area contributed by atoms with Gasteiger partial charge in [0.1, 0.15) is 0 Å². The Balaban J connectivity index is 2.06. The third-order valence-corrected chi connectivity index (χ3v) is 2.16. The Morgan fingerprint density at radius 1 is 1.42 bits per heavy atom. The van der Waals surface area contributed by atoms with Crippen molar-refractivity contribution in [2.75, 3.05) is 33.0 Å². The van der Waals surface area contributed by atoms with Gasteiger partial charge in [-0.2, -0.15) is 0 Å². The van der Waals surface area contributed by atoms with Crippen LogP contribution < -0.4 is 5.32 Å². The van der Waals surface area contributed by atoms with Gasteiger partial charge >= 0.3 is 0 Å². The number of nitrogens with one attached hydrogen (secondary N) is 1. The molecule has 0 radical (unpaired) electrons. The lowest BCUT2D eigenvalue weighted by Gasteiger charge is -2.15. The van der Waals surface area contributed by atoms with Crippen LogP contribution in [0.5, 0.6) is 0 Å². The van der Waals surface area contributed by atoms with Crippen molar-refractivity contribution in [3.63, 3.8) is 0 Å². The van der Waals surface area contributed by atoms with Gasteiger partial charge in [0.25, 0.3) is 0 Å². The molecule has 1 heterocycles. The summed E-state index contributed by atoms with van der Waals surface area (Å²) in [4.78, 5) is 0. The van der Waals surface area contributed by atoms with Crippen molar-refractivity contribution in [2.24, 2.45) is 5.92 Å². The van der Waals surface area contributed by atoms with Gasteiger partial charge in [0, 0.05) is 13.2 Å². The highest BCUT2D eigenvalue weighted by Gasteiger charge is 2.16. The molecule has 0 aromatic rings. The highest BCUT2D eigenvalue weighted by atomic mass is 16.5. The van der Waals surface area contributed by atoms with Crippen molar-refractivity contribution in [3.05, 3.63) is 0 Å². The van der Waals surface area contributed by atoms with Gasteiger partial charge in [-0.25, -0.2) is 0 Å². The molecule has 0 amide bonds. The maximum atomic E-state index is 8.75. The van der Waals surface area contributed by atoms with Crippen LogP contribution in [0.3, 0.4) is 0 Å². The van der Waals surface area contributed by atoms with Crippen molar-refractivity contribution < 1.29 is 14.9 Å². The standard InChI is InChI=1S/C8H17NO3/c10-4-8(5-11)9-3-7-1-2-12-6-7/h7-11H,1-6H2. The Kier molecular flexibility index (Phi) is 4.53. The average Bonchev–Trinajstić information content (AvgIpc) is 2.59. The van der Waals surface area contributed by atoms with Gasteiger partial charge < -0.3 is 20.3 Å². The molecule has 3 N–H and O–H groups in total. The molecule has 1 aliphatic rings. The summed E-state index contributed by atoms with van der Waals surface area (Å²) in [5, 5.41) is 20.6. The van der Waals surface area contributed by atoms with Crippen LogP contribution in [0.4, 0.5) is 0 Å². The lowest BCUT2D eigenvalue weighted by Crippen LogP contribution is -2.38. The fourth-order valence-electron chi connectivity index (χ4n) is 1.26. The highest BCUT2D eigenvalue weighted by molar-refractivity contribution is 4.70. The summed E-state index contributed by atoms with van der Waals surface area (Å²) in [6.07, 6.45) is 1.08. The quantitative estimate of drug-likeness (QED) is 0.500. The summed E-state index contributed by atoms with van der Waals surface area (Å²) in [7, 11) is 0. The van der Waals surface area contributed by atoms with Crippen LogP contribution in [0.25, 0.3) is 0 Å². The highest BCUT2D eigenvalue weighted by Crippen LogP contribution is 2.10. The average molecular weight is 175 g/mol. The molecule has 0 aliphatic carbocycles. The molecule has 4 heteroatoms. The van der Waals surface area contributed by atoms with E-state index in [1.165, 1.54) is 0 Å². The van der Waals surface area contributed by atoms with E-state index in [1.54, 1.807) is 0 Å². The van der Waals surface area contributed by atoms with E-state index in [2.05, 4.69) is 5.32 Å². The Hall–Kier alpha value is -0.160. The number of rotatable bonds is 5. The topological polar surface area (TPSA) is 61.7 Å². The largest absolute Gasteiger partial charge is 0.395 e. The second-order valence-corrected chi connectivity index (χ2v) is 3.20. The van der Waals surface area contributed by atoms with Crippen LogP contribution >= 0.6 is 0 Å². The lowest BCUT2D eigenvalue weighted by atomic mass is 10.1. The van der Waals surface area contributed by atoms with Crippen molar-refractivity contribution in [2.45, 2.75) is 12.5 Å². The smallest absolute Gasteiger partial charge is 0.0607 e. The molecular formula is C8H17NO3. The second kappa shape index (κ2) is 5.48. The second-order valence-electron chi connectivity index (χ2n) is 3.20. The van der Waals surface area contributed by atoms with Crippen LogP contribution in [0.2, 0.25) is 0 Å². The minimum atomic E-state index is -0.175. The summed E-state index contributed by atoms with van der Waals surface area (Å²) >= 11 is 0. The number of hydrogen-bond donors (Lipinski definition) is 3. The lowest BCUT2D eigenvalue weighted by molar-refractivity contribution is 0.160. The molecule has 0 spiro atoms. The summed E-state index contributed by atoms with van der Waals surface area (Å²) in [6.45, 7) is 2.45. The van der Waals surface area contributed by atoms with E-state index in [4.69, 9.17) is 14.9 Å². The zero-order valence-electron chi connectivity index (χ0n) is 7.20. The van der Waals surface area contributed by atoms with Crippen molar-refractivity contribution in [1.29, 1.82) is 0 Å². The van der Waals surface area contributed by atoms with Gasteiger partial charge in [-0.1, -0.05) is 0 Å². The predicted molar refractivity (Wildman–Crippen MR) is 44.9 cm³/mol. The van der Waals surface area contributed by atoms with Crippen LogP contribution in [-0.4, -0.2) is 49.2 Å². The maximum absolute atomic E-state index is 8.75. The van der Waals surface area contributed by atoms with Crippen molar-refractivity contribution >= 4 is 0 Å². The first kappa shape index (κ1) is 9.92. The number of aliphatic hydroxyl groups excluding tert-OH is 2. The third-order valence-electron chi connectivity index (χ3n) is 2.16. The van der Waals surface area contributed by atoms with E-state index in [0.717, 1.165) is 26.2 Å². The molecule has 1 unspecified atom stereocenters. The SMILES string of the molecule is OCC(CO)NCC1CCOC1. The number of ether oxygens (including phenoxy) is 1. The first-order valence-corrected chi connectivity index (χ1v) is 4.39. The van der Waals surface area contributed by atoms with E-state index < -0.39 is 0 Å². The van der Waals surface area contributed by atoms with Crippen molar-refractivity contribution in [1.82, 2.24) is 5.32 Å². The third kappa shape index (κ3) is 3.06. The molecule has 0 aromatic carbocycles. The fourth-order valence-corrected chi connectivity index (χ4v) is 1.26. The molecule has 4 nitrogen and oxygen atoms in total. The minimum Gasteiger partial charge on any atom is -0.395 e. The van der Waals surface area contributed by atoms with Crippen LogP contribution in [0.1, 0.15) is 6.42 Å². The molecule has 1 atom stereocenters. The summed E-state index contributed by atoms with van der Waals surface area (Å²) in [5.41, 5.74) is 0. The molecule has 0 saturated carbocycles. The molecule has 1 fully saturated rings. The van der Waals surface area contributed by atoms with Gasteiger partial charge in [-0.15, -0.1) is 0 Å². The van der Waals surface area contributed by atoms with Crippen LogP contribution in [-0.2, 0) is 4.74 Å². The number of hydrogen-bond acceptors (Lipinski definition) is 4. The van der Waals surface area contributed by atoms with Gasteiger partial charge in [0.2, 0.25) is 0 Å². The minimum absolute atomic E-state index is 0.00984. The molecular weight excluding hydrogens is 158 g/mol. The summed E-state index contributed by atoms with van der Waals surface area (Å²) < 4.78 is 5.19. The van der Waals surface area contributed by atoms with Crippen LogP contribution in [0, 0.1) is 5.92 Å². The Morgan fingerprint density at radius 3 is 2.67 bits per heavy atom. The first-order valence-electron chi connectivity index (χ1n) is 4.39. The molecule has 0 bridgehead atoms. The zero-order valence-corrected chi connectivity index (χ0v) is 7.20. The molecule has 1 rings (SSSR count). The van der Waals surface area contributed by atoms with E-state index in [-0.39, 0.29) is 19.3 Å². The Labute approximate surface area is 72.5 Å². The van der Waals surface area contributed by atoms with Gasteiger partial charge in [-0.3, -0.25) is 0 Å². The zero-order chi connectivity index (χ0) is 8.81. The molecule has 72 valence electrons. The fraction of sp³-hybridized carbons (Fsp3) is 1.00. The van der Waals surface area contributed by atoms with E-state index in [1.807, 2.05) is 0 Å². The van der Waals surface area contributed by atoms with E-state index in [0.29, 0.717) is 5.92 Å². The Morgan fingerprint density at radius 2 is 2.17 bits per heavy atom. The van der Waals surface area contributed by atoms with Gasteiger partial charge in [0.05, 0.1) is 25.9 Å². The molecule has 1 saturated heterocycles. The number of aliphatic hydroxyl groups is 2. The maximum Gasteiger partial charge on any atom is 0.0607 e. The summed E-state index contributed by atoms with van der Waals surface area (Å²) in [5.74, 6) is 0.547. The van der Waals surface area contributed by atoms with Crippen molar-refractivity contribution in [3.8, 4) is 0 Å². The van der Waals surface area contributed by atoms with E-state index >= 15 is 0 Å². The molecule has 12 heavy (non-hydrogen) atoms. The van der Waals surface area contributed by atoms with Gasteiger partial charge in [-0.05, 0) is 12.3 Å².